The number of nitrogens with zero attached hydrogens (tertiary/aromatic N) is 2. The third kappa shape index (κ3) is 3.05. The maximum Gasteiger partial charge on any atom is 0.318 e. The number of amides is 2. The molecule has 1 aromatic heterocycles. The van der Waals surface area contributed by atoms with Crippen LogP contribution in [-0.4, -0.2) is 45.2 Å². The number of H-pyrrole nitrogens is 1. The zero-order chi connectivity index (χ0) is 14.8. The summed E-state index contributed by atoms with van der Waals surface area (Å²) in [5, 5.41) is 10.6. The van der Waals surface area contributed by atoms with Gasteiger partial charge >= 0.3 is 6.03 Å². The molecule has 0 saturated carbocycles. The van der Waals surface area contributed by atoms with Gasteiger partial charge in [0.15, 0.2) is 0 Å². The van der Waals surface area contributed by atoms with Gasteiger partial charge in [-0.05, 0) is 45.3 Å². The highest BCUT2D eigenvalue weighted by atomic mass is 32.2. The number of likely N-dealkylation sites (tertiary alicyclic amines) is 1. The molecule has 116 valence electrons. The number of aromatic nitrogens is 2. The molecular weight excluding hydrogens is 284 g/mol. The van der Waals surface area contributed by atoms with Gasteiger partial charge in [0, 0.05) is 29.6 Å². The summed E-state index contributed by atoms with van der Waals surface area (Å²) in [5.74, 6) is 2.28. The Kier molecular flexibility index (Phi) is 4.42. The molecule has 2 N–H and O–H groups in total. The minimum atomic E-state index is 0.102. The summed E-state index contributed by atoms with van der Waals surface area (Å²) in [6.45, 7) is 4.91. The van der Waals surface area contributed by atoms with E-state index in [2.05, 4.69) is 15.5 Å². The molecule has 0 aromatic carbocycles. The predicted octanol–water partition coefficient (Wildman–Crippen LogP) is 2.77. The van der Waals surface area contributed by atoms with Crippen LogP contribution in [-0.2, 0) is 0 Å². The molecule has 2 atom stereocenters. The number of rotatable bonds is 2. The molecule has 0 spiro atoms. The molecule has 6 heteroatoms. The second kappa shape index (κ2) is 6.30. The molecule has 2 amide bonds. The Hall–Kier alpha value is -1.17. The van der Waals surface area contributed by atoms with Gasteiger partial charge in [-0.1, -0.05) is 0 Å². The van der Waals surface area contributed by atoms with Crippen molar-refractivity contribution in [3.05, 3.63) is 17.0 Å². The minimum Gasteiger partial charge on any atom is -0.334 e. The Morgan fingerprint density at radius 3 is 2.90 bits per heavy atom. The second-order valence-electron chi connectivity index (χ2n) is 6.06. The van der Waals surface area contributed by atoms with Crippen molar-refractivity contribution in [1.82, 2.24) is 20.4 Å². The van der Waals surface area contributed by atoms with Gasteiger partial charge in [0.05, 0.1) is 11.7 Å². The molecule has 0 unspecified atom stereocenters. The molecule has 21 heavy (non-hydrogen) atoms. The van der Waals surface area contributed by atoms with Gasteiger partial charge in [-0.2, -0.15) is 16.9 Å². The van der Waals surface area contributed by atoms with Crippen molar-refractivity contribution in [2.24, 2.45) is 0 Å². The van der Waals surface area contributed by atoms with Crippen LogP contribution >= 0.6 is 11.8 Å². The van der Waals surface area contributed by atoms with Gasteiger partial charge in [0.1, 0.15) is 0 Å². The number of nitrogens with one attached hydrogen (secondary N) is 2. The van der Waals surface area contributed by atoms with Crippen LogP contribution in [0.3, 0.4) is 0 Å². The highest BCUT2D eigenvalue weighted by Gasteiger charge is 2.33. The average molecular weight is 308 g/mol. The zero-order valence-corrected chi connectivity index (χ0v) is 13.6. The molecule has 3 rings (SSSR count). The van der Waals surface area contributed by atoms with Crippen molar-refractivity contribution in [2.45, 2.75) is 51.6 Å². The fourth-order valence-electron chi connectivity index (χ4n) is 3.47. The van der Waals surface area contributed by atoms with Crippen LogP contribution < -0.4 is 5.32 Å². The minimum absolute atomic E-state index is 0.102. The normalized spacial score (nSPS) is 26.1. The van der Waals surface area contributed by atoms with E-state index in [-0.39, 0.29) is 12.1 Å². The lowest BCUT2D eigenvalue weighted by atomic mass is 10.0. The lowest BCUT2D eigenvalue weighted by molar-refractivity contribution is 0.189. The van der Waals surface area contributed by atoms with Crippen LogP contribution in [0.5, 0.6) is 0 Å². The summed E-state index contributed by atoms with van der Waals surface area (Å²) in [6, 6.07) is 0.619. The summed E-state index contributed by atoms with van der Waals surface area (Å²) < 4.78 is 0. The van der Waals surface area contributed by atoms with Crippen LogP contribution in [0.4, 0.5) is 4.79 Å². The van der Waals surface area contributed by atoms with Crippen molar-refractivity contribution in [3.8, 4) is 0 Å². The maximum atomic E-state index is 12.6. The van der Waals surface area contributed by atoms with E-state index < -0.39 is 0 Å². The van der Waals surface area contributed by atoms with E-state index in [1.807, 2.05) is 30.5 Å². The second-order valence-corrected chi connectivity index (χ2v) is 7.21. The van der Waals surface area contributed by atoms with Crippen molar-refractivity contribution >= 4 is 17.8 Å². The molecule has 1 aromatic rings. The molecule has 0 bridgehead atoms. The van der Waals surface area contributed by atoms with E-state index in [1.54, 1.807) is 0 Å². The number of aromatic amines is 1. The van der Waals surface area contributed by atoms with Crippen molar-refractivity contribution in [3.63, 3.8) is 0 Å². The number of carbonyl (C=O) groups excluding carboxylic acids is 1. The molecule has 2 aliphatic heterocycles. The molecule has 5 nitrogen and oxygen atoms in total. The average Bonchev–Trinajstić information content (AvgIpc) is 3.07. The van der Waals surface area contributed by atoms with Crippen molar-refractivity contribution in [1.29, 1.82) is 0 Å². The third-order valence-corrected chi connectivity index (χ3v) is 5.74. The first-order valence-corrected chi connectivity index (χ1v) is 8.98. The number of urea groups is 1. The Morgan fingerprint density at radius 1 is 1.38 bits per heavy atom. The van der Waals surface area contributed by atoms with E-state index >= 15 is 0 Å². The van der Waals surface area contributed by atoms with Crippen LogP contribution in [0.2, 0.25) is 0 Å². The molecule has 0 aliphatic carbocycles. The SMILES string of the molecule is Cc1n[nH]c(C)c1[C@H]1CCCN1C(=O)N[C@@H]1CCCSC1. The molecule has 3 heterocycles. The Labute approximate surface area is 130 Å². The smallest absolute Gasteiger partial charge is 0.318 e. The molecule has 2 fully saturated rings. The van der Waals surface area contributed by atoms with Gasteiger partial charge in [-0.15, -0.1) is 0 Å². The number of aryl methyl sites for hydroxylation is 2. The molecule has 2 aliphatic rings. The first kappa shape index (κ1) is 14.8. The first-order valence-electron chi connectivity index (χ1n) is 7.83. The van der Waals surface area contributed by atoms with E-state index in [0.717, 1.165) is 42.9 Å². The Morgan fingerprint density at radius 2 is 2.24 bits per heavy atom. The fourth-order valence-corrected chi connectivity index (χ4v) is 4.54. The van der Waals surface area contributed by atoms with Gasteiger partial charge < -0.3 is 10.2 Å². The Balaban J connectivity index is 1.70. The zero-order valence-electron chi connectivity index (χ0n) is 12.8. The number of thioether (sulfide) groups is 1. The van der Waals surface area contributed by atoms with Crippen LogP contribution in [0.15, 0.2) is 0 Å². The topological polar surface area (TPSA) is 61.0 Å². The summed E-state index contributed by atoms with van der Waals surface area (Å²) in [6.07, 6.45) is 4.43. The molecule has 2 saturated heterocycles. The lowest BCUT2D eigenvalue weighted by Gasteiger charge is -2.29. The van der Waals surface area contributed by atoms with Gasteiger partial charge in [0.2, 0.25) is 0 Å². The van der Waals surface area contributed by atoms with E-state index in [1.165, 1.54) is 17.7 Å². The largest absolute Gasteiger partial charge is 0.334 e. The summed E-state index contributed by atoms with van der Waals surface area (Å²) in [5.41, 5.74) is 3.32. The van der Waals surface area contributed by atoms with Crippen LogP contribution in [0, 0.1) is 13.8 Å². The number of hydrogen-bond acceptors (Lipinski definition) is 3. The van der Waals surface area contributed by atoms with Crippen LogP contribution in [0.25, 0.3) is 0 Å². The maximum absolute atomic E-state index is 12.6. The third-order valence-electron chi connectivity index (χ3n) is 4.52. The quantitative estimate of drug-likeness (QED) is 0.883. The molecule has 0 radical (unpaired) electrons. The predicted molar refractivity (Wildman–Crippen MR) is 85.6 cm³/mol. The van der Waals surface area contributed by atoms with Gasteiger partial charge in [-0.3, -0.25) is 5.10 Å². The lowest BCUT2D eigenvalue weighted by Crippen LogP contribution is -2.46. The van der Waals surface area contributed by atoms with Crippen molar-refractivity contribution < 1.29 is 4.79 Å². The fraction of sp³-hybridized carbons (Fsp3) is 0.733. The highest BCUT2D eigenvalue weighted by Crippen LogP contribution is 2.34. The summed E-state index contributed by atoms with van der Waals surface area (Å²) in [4.78, 5) is 14.6. The van der Waals surface area contributed by atoms with Crippen molar-refractivity contribution in [2.75, 3.05) is 18.1 Å². The van der Waals surface area contributed by atoms with Gasteiger partial charge in [0.25, 0.3) is 0 Å². The van der Waals surface area contributed by atoms with Gasteiger partial charge in [-0.25, -0.2) is 4.79 Å². The highest BCUT2D eigenvalue weighted by molar-refractivity contribution is 7.99. The first-order chi connectivity index (χ1) is 10.2. The standard InChI is InChI=1S/C15H24N4OS/c1-10-14(11(2)18-17-10)13-6-3-7-19(13)15(20)16-12-5-4-8-21-9-12/h12-13H,3-9H2,1-2H3,(H,16,20)(H,17,18)/t12-,13-/m1/s1. The summed E-state index contributed by atoms with van der Waals surface area (Å²) in [7, 11) is 0. The van der Waals surface area contributed by atoms with E-state index in [9.17, 15) is 4.79 Å². The summed E-state index contributed by atoms with van der Waals surface area (Å²) >= 11 is 1.94. The number of carbonyl (C=O) groups is 1. The molecular formula is C15H24N4OS. The van der Waals surface area contributed by atoms with E-state index in [4.69, 9.17) is 0 Å². The van der Waals surface area contributed by atoms with E-state index in [0.29, 0.717) is 6.04 Å². The Bertz CT molecular complexity index is 490. The number of hydrogen-bond donors (Lipinski definition) is 2. The monoisotopic (exact) mass is 308 g/mol. The van der Waals surface area contributed by atoms with Crippen LogP contribution in [0.1, 0.15) is 48.7 Å².